The first-order chi connectivity index (χ1) is 13.3. The van der Waals surface area contributed by atoms with Crippen molar-refractivity contribution in [1.29, 1.82) is 0 Å². The minimum absolute atomic E-state index is 0.382. The van der Waals surface area contributed by atoms with Crippen molar-refractivity contribution in [2.24, 2.45) is 0 Å². The van der Waals surface area contributed by atoms with Gasteiger partial charge in [-0.3, -0.25) is 0 Å². The Morgan fingerprint density at radius 3 is 2.70 bits per heavy atom. The van der Waals surface area contributed by atoms with Crippen LogP contribution in [0.3, 0.4) is 0 Å². The molecule has 0 radical (unpaired) electrons. The van der Waals surface area contributed by atoms with Crippen molar-refractivity contribution in [3.63, 3.8) is 0 Å². The number of ether oxygens (including phenoxy) is 1. The number of hydrogen-bond acceptors (Lipinski definition) is 7. The van der Waals surface area contributed by atoms with Gasteiger partial charge in [-0.25, -0.2) is 19.5 Å². The van der Waals surface area contributed by atoms with Crippen LogP contribution in [0.5, 0.6) is 5.88 Å². The van der Waals surface area contributed by atoms with Crippen LogP contribution in [0.15, 0.2) is 30.9 Å². The van der Waals surface area contributed by atoms with Crippen LogP contribution in [0.1, 0.15) is 37.3 Å². The third-order valence-corrected chi connectivity index (χ3v) is 5.38. The van der Waals surface area contributed by atoms with Gasteiger partial charge in [-0.1, -0.05) is 0 Å². The molecule has 0 spiro atoms. The molecule has 3 aromatic rings. The predicted molar refractivity (Wildman–Crippen MR) is 102 cm³/mol. The second kappa shape index (κ2) is 6.68. The lowest BCUT2D eigenvalue weighted by atomic mass is 10.0. The molecule has 5 rings (SSSR count). The summed E-state index contributed by atoms with van der Waals surface area (Å²) in [6.45, 7) is 1.91. The maximum Gasteiger partial charge on any atom is 0.218 e. The molecule has 0 aromatic carbocycles. The van der Waals surface area contributed by atoms with E-state index in [0.29, 0.717) is 17.8 Å². The predicted octanol–water partition coefficient (Wildman–Crippen LogP) is 2.49. The average Bonchev–Trinajstić information content (AvgIpc) is 3.47. The van der Waals surface area contributed by atoms with Crippen molar-refractivity contribution in [2.45, 2.75) is 37.6 Å². The normalized spacial score (nSPS) is 18.0. The molecule has 4 heterocycles. The summed E-state index contributed by atoms with van der Waals surface area (Å²) < 4.78 is 7.15. The van der Waals surface area contributed by atoms with Gasteiger partial charge in [0.15, 0.2) is 5.82 Å². The van der Waals surface area contributed by atoms with Gasteiger partial charge in [0, 0.05) is 43.5 Å². The van der Waals surface area contributed by atoms with Crippen molar-refractivity contribution in [2.75, 3.05) is 30.4 Å². The van der Waals surface area contributed by atoms with Crippen LogP contribution in [-0.4, -0.2) is 50.8 Å². The van der Waals surface area contributed by atoms with Gasteiger partial charge < -0.3 is 15.0 Å². The number of nitrogens with zero attached hydrogens (tertiary/aromatic N) is 6. The Morgan fingerprint density at radius 1 is 1.07 bits per heavy atom. The van der Waals surface area contributed by atoms with E-state index in [2.05, 4.69) is 31.2 Å². The summed E-state index contributed by atoms with van der Waals surface area (Å²) in [7, 11) is 1.61. The Kier molecular flexibility index (Phi) is 4.03. The second-order valence-electron chi connectivity index (χ2n) is 7.28. The summed E-state index contributed by atoms with van der Waals surface area (Å²) in [5, 5.41) is 8.23. The zero-order valence-electron chi connectivity index (χ0n) is 15.4. The number of piperidine rings is 1. The third-order valence-electron chi connectivity index (χ3n) is 5.38. The SMILES string of the molecule is COc1cc(NC2CCN(c3nccn4nc(C5CC5)cc34)CC2)ncn1. The van der Waals surface area contributed by atoms with E-state index < -0.39 is 0 Å². The Morgan fingerprint density at radius 2 is 1.93 bits per heavy atom. The van der Waals surface area contributed by atoms with Crippen molar-refractivity contribution in [3.8, 4) is 5.88 Å². The molecular weight excluding hydrogens is 342 g/mol. The third kappa shape index (κ3) is 3.27. The second-order valence-corrected chi connectivity index (χ2v) is 7.28. The van der Waals surface area contributed by atoms with Crippen LogP contribution in [-0.2, 0) is 0 Å². The van der Waals surface area contributed by atoms with Gasteiger partial charge in [-0.15, -0.1) is 0 Å². The van der Waals surface area contributed by atoms with Crippen molar-refractivity contribution in [1.82, 2.24) is 24.6 Å². The highest BCUT2D eigenvalue weighted by Gasteiger charge is 2.28. The summed E-state index contributed by atoms with van der Waals surface area (Å²) in [5.74, 6) is 3.08. The number of fused-ring (bicyclic) bond motifs is 1. The first kappa shape index (κ1) is 16.3. The quantitative estimate of drug-likeness (QED) is 0.744. The van der Waals surface area contributed by atoms with Crippen LogP contribution in [0.4, 0.5) is 11.6 Å². The zero-order chi connectivity index (χ0) is 18.2. The smallest absolute Gasteiger partial charge is 0.218 e. The molecule has 0 unspecified atom stereocenters. The van der Waals surface area contributed by atoms with E-state index in [9.17, 15) is 0 Å². The molecule has 3 aromatic heterocycles. The fourth-order valence-electron chi connectivity index (χ4n) is 3.72. The van der Waals surface area contributed by atoms with Crippen LogP contribution in [0.25, 0.3) is 5.52 Å². The average molecular weight is 365 g/mol. The molecule has 140 valence electrons. The highest BCUT2D eigenvalue weighted by molar-refractivity contribution is 5.69. The molecule has 1 aliphatic heterocycles. The Bertz CT molecular complexity index is 944. The monoisotopic (exact) mass is 365 g/mol. The van der Waals surface area contributed by atoms with Gasteiger partial charge in [-0.2, -0.15) is 5.10 Å². The Balaban J connectivity index is 1.28. The van der Waals surface area contributed by atoms with Gasteiger partial charge >= 0.3 is 0 Å². The van der Waals surface area contributed by atoms with Crippen LogP contribution in [0, 0.1) is 0 Å². The van der Waals surface area contributed by atoms with E-state index in [0.717, 1.165) is 43.1 Å². The van der Waals surface area contributed by atoms with Crippen LogP contribution in [0.2, 0.25) is 0 Å². The van der Waals surface area contributed by atoms with E-state index >= 15 is 0 Å². The highest BCUT2D eigenvalue weighted by atomic mass is 16.5. The molecule has 1 N–H and O–H groups in total. The van der Waals surface area contributed by atoms with Crippen molar-refractivity contribution in [3.05, 3.63) is 36.5 Å². The molecule has 8 heteroatoms. The summed E-state index contributed by atoms with van der Waals surface area (Å²) in [6.07, 6.45) is 9.90. The zero-order valence-corrected chi connectivity index (χ0v) is 15.4. The standard InChI is InChI=1S/C19H23N7O/c1-27-18-11-17(21-12-22-18)23-14-4-7-25(8-5-14)19-16-10-15(13-2-3-13)24-26(16)9-6-20-19/h6,9-14H,2-5,7-8H2,1H3,(H,21,22,23). The summed E-state index contributed by atoms with van der Waals surface area (Å²) >= 11 is 0. The van der Waals surface area contributed by atoms with Gasteiger partial charge in [-0.05, 0) is 31.7 Å². The lowest BCUT2D eigenvalue weighted by Crippen LogP contribution is -2.39. The fourth-order valence-corrected chi connectivity index (χ4v) is 3.72. The Labute approximate surface area is 157 Å². The number of nitrogens with one attached hydrogen (secondary N) is 1. The molecule has 2 fully saturated rings. The number of methoxy groups -OCH3 is 1. The number of hydrogen-bond donors (Lipinski definition) is 1. The van der Waals surface area contributed by atoms with Crippen LogP contribution < -0.4 is 15.0 Å². The van der Waals surface area contributed by atoms with Crippen molar-refractivity contribution < 1.29 is 4.74 Å². The molecule has 27 heavy (non-hydrogen) atoms. The van der Waals surface area contributed by atoms with E-state index in [-0.39, 0.29) is 0 Å². The van der Waals surface area contributed by atoms with E-state index in [1.807, 2.05) is 23.0 Å². The Hall–Kier alpha value is -2.90. The molecule has 8 nitrogen and oxygen atoms in total. The number of aromatic nitrogens is 5. The van der Waals surface area contributed by atoms with Gasteiger partial charge in [0.1, 0.15) is 17.7 Å². The number of anilines is 2. The molecule has 0 amide bonds. The molecule has 0 atom stereocenters. The lowest BCUT2D eigenvalue weighted by Gasteiger charge is -2.33. The fraction of sp³-hybridized carbons (Fsp3) is 0.474. The molecule has 1 saturated heterocycles. The van der Waals surface area contributed by atoms with Gasteiger partial charge in [0.25, 0.3) is 0 Å². The summed E-state index contributed by atoms with van der Waals surface area (Å²) in [4.78, 5) is 15.4. The van der Waals surface area contributed by atoms with Gasteiger partial charge in [0.2, 0.25) is 5.88 Å². The highest BCUT2D eigenvalue weighted by Crippen LogP contribution is 2.40. The molecule has 0 bridgehead atoms. The van der Waals surface area contributed by atoms with E-state index in [4.69, 9.17) is 9.84 Å². The topological polar surface area (TPSA) is 80.5 Å². The largest absolute Gasteiger partial charge is 0.481 e. The van der Waals surface area contributed by atoms with E-state index in [1.54, 1.807) is 7.11 Å². The number of rotatable bonds is 5. The van der Waals surface area contributed by atoms with Crippen molar-refractivity contribution >= 4 is 17.2 Å². The summed E-state index contributed by atoms with van der Waals surface area (Å²) in [6, 6.07) is 4.44. The van der Waals surface area contributed by atoms with Gasteiger partial charge in [0.05, 0.1) is 12.8 Å². The minimum Gasteiger partial charge on any atom is -0.481 e. The molecule has 1 aliphatic carbocycles. The molecule has 2 aliphatic rings. The minimum atomic E-state index is 0.382. The maximum atomic E-state index is 5.17. The lowest BCUT2D eigenvalue weighted by molar-refractivity contribution is 0.397. The molecule has 1 saturated carbocycles. The summed E-state index contributed by atoms with van der Waals surface area (Å²) in [5.41, 5.74) is 2.32. The van der Waals surface area contributed by atoms with E-state index in [1.165, 1.54) is 24.9 Å². The first-order valence-corrected chi connectivity index (χ1v) is 9.52. The first-order valence-electron chi connectivity index (χ1n) is 9.52. The molecular formula is C19H23N7O. The van der Waals surface area contributed by atoms with Crippen LogP contribution >= 0.6 is 0 Å². The maximum absolute atomic E-state index is 5.17.